The number of hydrogen-bond acceptors (Lipinski definition) is 3. The van der Waals surface area contributed by atoms with E-state index in [1.807, 2.05) is 0 Å². The SMILES string of the molecule is CC(C)CCNC(=O)CN1CCOC1=O. The van der Waals surface area contributed by atoms with Crippen LogP contribution in [-0.2, 0) is 9.53 Å². The number of carbonyl (C=O) groups excluding carboxylic acids is 2. The molecule has 15 heavy (non-hydrogen) atoms. The molecule has 5 heteroatoms. The number of hydrogen-bond donors (Lipinski definition) is 1. The van der Waals surface area contributed by atoms with Gasteiger partial charge in [-0.1, -0.05) is 13.8 Å². The third-order valence-electron chi connectivity index (χ3n) is 2.22. The fraction of sp³-hybridized carbons (Fsp3) is 0.800. The summed E-state index contributed by atoms with van der Waals surface area (Å²) in [4.78, 5) is 23.8. The van der Waals surface area contributed by atoms with Crippen molar-refractivity contribution in [3.63, 3.8) is 0 Å². The predicted molar refractivity (Wildman–Crippen MR) is 55.4 cm³/mol. The van der Waals surface area contributed by atoms with Crippen LogP contribution in [0.2, 0.25) is 0 Å². The molecule has 0 unspecified atom stereocenters. The normalized spacial score (nSPS) is 15.7. The van der Waals surface area contributed by atoms with E-state index in [1.54, 1.807) is 0 Å². The van der Waals surface area contributed by atoms with Crippen molar-refractivity contribution in [3.05, 3.63) is 0 Å². The minimum absolute atomic E-state index is 0.108. The van der Waals surface area contributed by atoms with E-state index in [4.69, 9.17) is 4.74 Å². The zero-order valence-corrected chi connectivity index (χ0v) is 9.28. The average Bonchev–Trinajstić information content (AvgIpc) is 2.51. The molecule has 0 aliphatic carbocycles. The third-order valence-corrected chi connectivity index (χ3v) is 2.22. The maximum atomic E-state index is 11.4. The lowest BCUT2D eigenvalue weighted by molar-refractivity contribution is -0.121. The molecule has 1 N–H and O–H groups in total. The smallest absolute Gasteiger partial charge is 0.410 e. The average molecular weight is 214 g/mol. The van der Waals surface area contributed by atoms with Crippen LogP contribution in [0.1, 0.15) is 20.3 Å². The van der Waals surface area contributed by atoms with Gasteiger partial charge in [-0.3, -0.25) is 9.69 Å². The quantitative estimate of drug-likeness (QED) is 0.729. The molecule has 1 aliphatic heterocycles. The predicted octanol–water partition coefficient (Wildman–Crippen LogP) is 0.601. The second-order valence-electron chi connectivity index (χ2n) is 4.07. The fourth-order valence-electron chi connectivity index (χ4n) is 1.30. The van der Waals surface area contributed by atoms with Gasteiger partial charge in [-0.25, -0.2) is 4.79 Å². The number of amides is 2. The molecule has 0 aromatic carbocycles. The molecular formula is C10H18N2O3. The summed E-state index contributed by atoms with van der Waals surface area (Å²) in [6, 6.07) is 0. The van der Waals surface area contributed by atoms with Crippen molar-refractivity contribution in [1.82, 2.24) is 10.2 Å². The van der Waals surface area contributed by atoms with Crippen molar-refractivity contribution in [1.29, 1.82) is 0 Å². The van der Waals surface area contributed by atoms with E-state index in [0.29, 0.717) is 25.6 Å². The molecule has 1 heterocycles. The molecule has 0 aromatic heterocycles. The lowest BCUT2D eigenvalue weighted by Crippen LogP contribution is -2.38. The standard InChI is InChI=1S/C10H18N2O3/c1-8(2)3-4-11-9(13)7-12-5-6-15-10(12)14/h8H,3-7H2,1-2H3,(H,11,13). The molecular weight excluding hydrogens is 196 g/mol. The molecule has 86 valence electrons. The van der Waals surface area contributed by atoms with Crippen LogP contribution in [-0.4, -0.2) is 43.1 Å². The van der Waals surface area contributed by atoms with Gasteiger partial charge < -0.3 is 10.1 Å². The van der Waals surface area contributed by atoms with E-state index in [9.17, 15) is 9.59 Å². The summed E-state index contributed by atoms with van der Waals surface area (Å²) in [5, 5.41) is 2.77. The van der Waals surface area contributed by atoms with Gasteiger partial charge in [0, 0.05) is 6.54 Å². The van der Waals surface area contributed by atoms with E-state index < -0.39 is 6.09 Å². The van der Waals surface area contributed by atoms with Gasteiger partial charge in [-0.2, -0.15) is 0 Å². The van der Waals surface area contributed by atoms with Crippen LogP contribution in [0.25, 0.3) is 0 Å². The van der Waals surface area contributed by atoms with Gasteiger partial charge in [0.15, 0.2) is 0 Å². The molecule has 0 spiro atoms. The Morgan fingerprint density at radius 1 is 1.60 bits per heavy atom. The highest BCUT2D eigenvalue weighted by Crippen LogP contribution is 2.02. The molecule has 1 saturated heterocycles. The zero-order chi connectivity index (χ0) is 11.3. The van der Waals surface area contributed by atoms with Gasteiger partial charge in [-0.15, -0.1) is 0 Å². The Morgan fingerprint density at radius 3 is 2.87 bits per heavy atom. The van der Waals surface area contributed by atoms with E-state index in [-0.39, 0.29) is 12.5 Å². The molecule has 0 saturated carbocycles. The van der Waals surface area contributed by atoms with Crippen molar-refractivity contribution in [2.75, 3.05) is 26.2 Å². The van der Waals surface area contributed by atoms with E-state index in [1.165, 1.54) is 4.90 Å². The van der Waals surface area contributed by atoms with Crippen LogP contribution in [0.3, 0.4) is 0 Å². The fourth-order valence-corrected chi connectivity index (χ4v) is 1.30. The summed E-state index contributed by atoms with van der Waals surface area (Å²) in [6.07, 6.45) is 0.560. The molecule has 1 rings (SSSR count). The summed E-state index contributed by atoms with van der Waals surface area (Å²) < 4.78 is 4.72. The summed E-state index contributed by atoms with van der Waals surface area (Å²) in [5.74, 6) is 0.455. The number of cyclic esters (lactones) is 1. The minimum atomic E-state index is -0.394. The first-order chi connectivity index (χ1) is 7.09. The molecule has 0 aromatic rings. The molecule has 1 fully saturated rings. The second-order valence-corrected chi connectivity index (χ2v) is 4.07. The van der Waals surface area contributed by atoms with Crippen molar-refractivity contribution >= 4 is 12.0 Å². The highest BCUT2D eigenvalue weighted by atomic mass is 16.6. The Kier molecular flexibility index (Phi) is 4.39. The van der Waals surface area contributed by atoms with Gasteiger partial charge in [0.25, 0.3) is 0 Å². The number of ether oxygens (including phenoxy) is 1. The lowest BCUT2D eigenvalue weighted by atomic mass is 10.1. The van der Waals surface area contributed by atoms with E-state index >= 15 is 0 Å². The Hall–Kier alpha value is -1.26. The van der Waals surface area contributed by atoms with Crippen molar-refractivity contribution in [2.24, 2.45) is 5.92 Å². The van der Waals surface area contributed by atoms with Crippen molar-refractivity contribution < 1.29 is 14.3 Å². The Labute approximate surface area is 89.8 Å². The van der Waals surface area contributed by atoms with Crippen LogP contribution in [0.15, 0.2) is 0 Å². The van der Waals surface area contributed by atoms with E-state index in [2.05, 4.69) is 19.2 Å². The van der Waals surface area contributed by atoms with Crippen LogP contribution >= 0.6 is 0 Å². The van der Waals surface area contributed by atoms with Crippen LogP contribution in [0, 0.1) is 5.92 Å². The number of rotatable bonds is 5. The first kappa shape index (κ1) is 11.8. The van der Waals surface area contributed by atoms with E-state index in [0.717, 1.165) is 6.42 Å². The van der Waals surface area contributed by atoms with Gasteiger partial charge in [-0.05, 0) is 12.3 Å². The zero-order valence-electron chi connectivity index (χ0n) is 9.28. The Morgan fingerprint density at radius 2 is 2.33 bits per heavy atom. The summed E-state index contributed by atoms with van der Waals surface area (Å²) in [5.41, 5.74) is 0. The van der Waals surface area contributed by atoms with Crippen LogP contribution < -0.4 is 5.32 Å². The summed E-state index contributed by atoms with van der Waals surface area (Å²) in [7, 11) is 0. The summed E-state index contributed by atoms with van der Waals surface area (Å²) in [6.45, 7) is 5.87. The largest absolute Gasteiger partial charge is 0.448 e. The van der Waals surface area contributed by atoms with Crippen molar-refractivity contribution in [2.45, 2.75) is 20.3 Å². The van der Waals surface area contributed by atoms with Gasteiger partial charge in [0.1, 0.15) is 13.2 Å². The first-order valence-corrected chi connectivity index (χ1v) is 5.28. The maximum absolute atomic E-state index is 11.4. The lowest BCUT2D eigenvalue weighted by Gasteiger charge is -2.12. The number of nitrogens with one attached hydrogen (secondary N) is 1. The first-order valence-electron chi connectivity index (χ1n) is 5.28. The Balaban J connectivity index is 2.15. The highest BCUT2D eigenvalue weighted by molar-refractivity contribution is 5.82. The molecule has 0 atom stereocenters. The Bertz CT molecular complexity index is 241. The molecule has 1 aliphatic rings. The third kappa shape index (κ3) is 4.18. The van der Waals surface area contributed by atoms with Gasteiger partial charge >= 0.3 is 6.09 Å². The molecule has 0 bridgehead atoms. The number of nitrogens with zero attached hydrogens (tertiary/aromatic N) is 1. The van der Waals surface area contributed by atoms with Crippen LogP contribution in [0.4, 0.5) is 4.79 Å². The highest BCUT2D eigenvalue weighted by Gasteiger charge is 2.23. The van der Waals surface area contributed by atoms with Crippen LogP contribution in [0.5, 0.6) is 0 Å². The summed E-state index contributed by atoms with van der Waals surface area (Å²) >= 11 is 0. The monoisotopic (exact) mass is 214 g/mol. The second kappa shape index (κ2) is 5.58. The minimum Gasteiger partial charge on any atom is -0.448 e. The molecule has 2 amide bonds. The van der Waals surface area contributed by atoms with Gasteiger partial charge in [0.2, 0.25) is 5.91 Å². The topological polar surface area (TPSA) is 58.6 Å². The van der Waals surface area contributed by atoms with Crippen molar-refractivity contribution in [3.8, 4) is 0 Å². The maximum Gasteiger partial charge on any atom is 0.410 e. The molecule has 0 radical (unpaired) electrons. The molecule has 5 nitrogen and oxygen atoms in total. The van der Waals surface area contributed by atoms with Gasteiger partial charge in [0.05, 0.1) is 6.54 Å². The number of carbonyl (C=O) groups is 2.